The maximum atomic E-state index is 13.2. The molecule has 0 bridgehead atoms. The molecule has 2 aromatic rings. The number of primary amides is 1. The summed E-state index contributed by atoms with van der Waals surface area (Å²) in [7, 11) is -3.85. The van der Waals surface area contributed by atoms with E-state index in [1.54, 1.807) is 30.5 Å². The third-order valence-electron chi connectivity index (χ3n) is 4.25. The summed E-state index contributed by atoms with van der Waals surface area (Å²) in [6, 6.07) is 9.13. The van der Waals surface area contributed by atoms with Gasteiger partial charge in [-0.05, 0) is 30.2 Å². The number of nitrogens with two attached hydrogens (primary N) is 1. The molecule has 0 radical (unpaired) electrons. The van der Waals surface area contributed by atoms with Gasteiger partial charge in [0, 0.05) is 25.5 Å². The Morgan fingerprint density at radius 2 is 2.08 bits per heavy atom. The molecule has 2 amide bonds. The van der Waals surface area contributed by atoms with Gasteiger partial charge in [0.05, 0.1) is 10.3 Å². The van der Waals surface area contributed by atoms with E-state index in [9.17, 15) is 13.2 Å². The van der Waals surface area contributed by atoms with Crippen molar-refractivity contribution in [2.45, 2.75) is 22.3 Å². The second kappa shape index (κ2) is 6.75. The fourth-order valence-corrected chi connectivity index (χ4v) is 4.34. The first-order valence-electron chi connectivity index (χ1n) is 7.93. The van der Waals surface area contributed by atoms with Gasteiger partial charge in [-0.2, -0.15) is 5.10 Å². The second-order valence-electron chi connectivity index (χ2n) is 6.14. The first-order chi connectivity index (χ1) is 12.3. The Balaban J connectivity index is 2.12. The molecule has 0 saturated carbocycles. The van der Waals surface area contributed by atoms with Crippen LogP contribution in [0.3, 0.4) is 0 Å². The second-order valence-corrected chi connectivity index (χ2v) is 8.01. The van der Waals surface area contributed by atoms with Gasteiger partial charge in [-0.3, -0.25) is 0 Å². The Bertz CT molecular complexity index is 957. The van der Waals surface area contributed by atoms with Gasteiger partial charge < -0.3 is 16.5 Å². The third kappa shape index (κ3) is 3.25. The van der Waals surface area contributed by atoms with Crippen molar-refractivity contribution in [1.29, 1.82) is 0 Å². The zero-order chi connectivity index (χ0) is 18.8. The average Bonchev–Trinajstić information content (AvgIpc) is 3.10. The SMILES string of the molecule is Cc1ccc(S(=O)(=O)c2ccccc2C2(CNC(N)=O)C=NNC2)nc1. The normalized spacial score (nSPS) is 19.1. The van der Waals surface area contributed by atoms with Crippen molar-refractivity contribution in [3.8, 4) is 0 Å². The lowest BCUT2D eigenvalue weighted by molar-refractivity contribution is 0.247. The summed E-state index contributed by atoms with van der Waals surface area (Å²) in [5.41, 5.74) is 8.58. The van der Waals surface area contributed by atoms with Crippen LogP contribution in [0.1, 0.15) is 11.1 Å². The number of carbonyl (C=O) groups is 1. The van der Waals surface area contributed by atoms with E-state index in [-0.39, 0.29) is 16.5 Å². The highest BCUT2D eigenvalue weighted by Gasteiger charge is 2.39. The molecule has 2 heterocycles. The maximum Gasteiger partial charge on any atom is 0.312 e. The number of sulfone groups is 1. The minimum atomic E-state index is -3.85. The largest absolute Gasteiger partial charge is 0.352 e. The summed E-state index contributed by atoms with van der Waals surface area (Å²) in [6.07, 6.45) is 3.11. The Kier molecular flexibility index (Phi) is 4.64. The maximum absolute atomic E-state index is 13.2. The van der Waals surface area contributed by atoms with Gasteiger partial charge in [0.25, 0.3) is 0 Å². The van der Waals surface area contributed by atoms with Crippen LogP contribution in [0.4, 0.5) is 4.79 Å². The molecule has 1 atom stereocenters. The number of nitrogens with one attached hydrogen (secondary N) is 2. The van der Waals surface area contributed by atoms with E-state index in [2.05, 4.69) is 20.8 Å². The average molecular weight is 373 g/mol. The van der Waals surface area contributed by atoms with Crippen LogP contribution in [-0.2, 0) is 15.3 Å². The highest BCUT2D eigenvalue weighted by atomic mass is 32.2. The molecule has 0 fully saturated rings. The number of pyridine rings is 1. The number of rotatable bonds is 5. The lowest BCUT2D eigenvalue weighted by Gasteiger charge is -2.28. The van der Waals surface area contributed by atoms with E-state index in [0.717, 1.165) is 5.56 Å². The summed E-state index contributed by atoms with van der Waals surface area (Å²) >= 11 is 0. The van der Waals surface area contributed by atoms with Crippen LogP contribution in [-0.4, -0.2) is 38.7 Å². The first-order valence-corrected chi connectivity index (χ1v) is 9.41. The predicted molar refractivity (Wildman–Crippen MR) is 96.6 cm³/mol. The molecule has 4 N–H and O–H groups in total. The summed E-state index contributed by atoms with van der Waals surface area (Å²) < 4.78 is 26.3. The number of hydrazone groups is 1. The van der Waals surface area contributed by atoms with E-state index in [1.165, 1.54) is 18.3 Å². The predicted octanol–water partition coefficient (Wildman–Crippen LogP) is 0.718. The van der Waals surface area contributed by atoms with E-state index < -0.39 is 21.3 Å². The molecular weight excluding hydrogens is 354 g/mol. The number of nitrogens with zero attached hydrogens (tertiary/aromatic N) is 2. The standard InChI is InChI=1S/C17H19N5O3S/c1-12-6-7-15(19-8-12)26(24,25)14-5-3-2-4-13(14)17(9-20-16(18)23)10-21-22-11-17/h2-8,10,22H,9,11H2,1H3,(H3,18,20,23). The van der Waals surface area contributed by atoms with Crippen molar-refractivity contribution in [2.75, 3.05) is 13.1 Å². The molecule has 1 aliphatic heterocycles. The molecule has 3 rings (SSSR count). The summed E-state index contributed by atoms with van der Waals surface area (Å²) in [5.74, 6) is 0. The lowest BCUT2D eigenvalue weighted by atomic mass is 9.82. The molecule has 0 saturated heterocycles. The molecule has 1 aromatic carbocycles. The highest BCUT2D eigenvalue weighted by Crippen LogP contribution is 2.32. The van der Waals surface area contributed by atoms with Gasteiger partial charge in [0.2, 0.25) is 9.84 Å². The van der Waals surface area contributed by atoms with Gasteiger partial charge in [0.1, 0.15) is 0 Å². The van der Waals surface area contributed by atoms with Crippen LogP contribution in [0.5, 0.6) is 0 Å². The van der Waals surface area contributed by atoms with Crippen molar-refractivity contribution in [3.05, 3.63) is 53.7 Å². The van der Waals surface area contributed by atoms with E-state index >= 15 is 0 Å². The van der Waals surface area contributed by atoms with E-state index in [4.69, 9.17) is 5.73 Å². The van der Waals surface area contributed by atoms with Gasteiger partial charge in [-0.1, -0.05) is 24.3 Å². The van der Waals surface area contributed by atoms with Gasteiger partial charge in [-0.15, -0.1) is 0 Å². The number of hydrogen-bond donors (Lipinski definition) is 3. The monoisotopic (exact) mass is 373 g/mol. The minimum Gasteiger partial charge on any atom is -0.352 e. The fourth-order valence-electron chi connectivity index (χ4n) is 2.85. The number of benzene rings is 1. The van der Waals surface area contributed by atoms with Gasteiger partial charge in [0.15, 0.2) is 5.03 Å². The quantitative estimate of drug-likeness (QED) is 0.712. The Morgan fingerprint density at radius 3 is 2.69 bits per heavy atom. The Morgan fingerprint density at radius 1 is 1.31 bits per heavy atom. The molecule has 9 heteroatoms. The molecule has 26 heavy (non-hydrogen) atoms. The minimum absolute atomic E-state index is 0.0311. The molecule has 8 nitrogen and oxygen atoms in total. The van der Waals surface area contributed by atoms with Crippen molar-refractivity contribution in [3.63, 3.8) is 0 Å². The molecule has 1 unspecified atom stereocenters. The van der Waals surface area contributed by atoms with E-state index in [0.29, 0.717) is 12.1 Å². The van der Waals surface area contributed by atoms with Crippen LogP contribution in [0, 0.1) is 6.92 Å². The fraction of sp³-hybridized carbons (Fsp3) is 0.235. The highest BCUT2D eigenvalue weighted by molar-refractivity contribution is 7.91. The number of hydrogen-bond acceptors (Lipinski definition) is 6. The number of amides is 2. The summed E-state index contributed by atoms with van der Waals surface area (Å²) in [4.78, 5) is 15.4. The van der Waals surface area contributed by atoms with Crippen molar-refractivity contribution < 1.29 is 13.2 Å². The molecular formula is C17H19N5O3S. The Hall–Kier alpha value is -2.94. The van der Waals surface area contributed by atoms with Crippen molar-refractivity contribution >= 4 is 22.1 Å². The number of aromatic nitrogens is 1. The van der Waals surface area contributed by atoms with Gasteiger partial charge in [-0.25, -0.2) is 18.2 Å². The van der Waals surface area contributed by atoms with E-state index in [1.807, 2.05) is 6.92 Å². The zero-order valence-corrected chi connectivity index (χ0v) is 15.0. The lowest BCUT2D eigenvalue weighted by Crippen LogP contribution is -2.46. The number of aryl methyl sites for hydroxylation is 1. The molecule has 1 aliphatic rings. The van der Waals surface area contributed by atoms with Crippen LogP contribution >= 0.6 is 0 Å². The first kappa shape index (κ1) is 17.9. The van der Waals surface area contributed by atoms with Crippen LogP contribution in [0.25, 0.3) is 0 Å². The Labute approximate surface area is 151 Å². The van der Waals surface area contributed by atoms with Crippen LogP contribution in [0.15, 0.2) is 57.6 Å². The topological polar surface area (TPSA) is 127 Å². The van der Waals surface area contributed by atoms with Crippen molar-refractivity contribution in [2.24, 2.45) is 10.8 Å². The summed E-state index contributed by atoms with van der Waals surface area (Å²) in [5, 5.41) is 6.54. The number of urea groups is 1. The summed E-state index contributed by atoms with van der Waals surface area (Å²) in [6.45, 7) is 2.29. The molecule has 136 valence electrons. The molecule has 0 aliphatic carbocycles. The molecule has 1 aromatic heterocycles. The van der Waals surface area contributed by atoms with Crippen LogP contribution in [0.2, 0.25) is 0 Å². The number of carbonyl (C=O) groups excluding carboxylic acids is 1. The smallest absolute Gasteiger partial charge is 0.312 e. The zero-order valence-electron chi connectivity index (χ0n) is 14.1. The third-order valence-corrected chi connectivity index (χ3v) is 5.98. The van der Waals surface area contributed by atoms with Gasteiger partial charge >= 0.3 is 6.03 Å². The van der Waals surface area contributed by atoms with Crippen LogP contribution < -0.4 is 16.5 Å². The molecule has 0 spiro atoms. The van der Waals surface area contributed by atoms with Crippen molar-refractivity contribution in [1.82, 2.24) is 15.7 Å².